The van der Waals surface area contributed by atoms with Gasteiger partial charge in [0.25, 0.3) is 0 Å². The van der Waals surface area contributed by atoms with E-state index in [-0.39, 0.29) is 0 Å². The average Bonchev–Trinajstić information content (AvgIpc) is 3.84. The minimum Gasteiger partial charge on any atom is -0.497 e. The minimum atomic E-state index is 0.825. The fraction of sp³-hybridized carbons (Fsp3) is 0.538. The lowest BCUT2D eigenvalue weighted by molar-refractivity contribution is 0.174. The molecular formula is C39H55ClN6O. The summed E-state index contributed by atoms with van der Waals surface area (Å²) >= 11 is 5.93. The van der Waals surface area contributed by atoms with E-state index < -0.39 is 0 Å². The predicted octanol–water partition coefficient (Wildman–Crippen LogP) is 7.90. The average molecular weight is 659 g/mol. The first-order valence-electron chi connectivity index (χ1n) is 17.9. The van der Waals surface area contributed by atoms with Gasteiger partial charge in [-0.15, -0.1) is 0 Å². The Labute approximate surface area is 287 Å². The number of imidazole rings is 2. The second-order valence-corrected chi connectivity index (χ2v) is 13.9. The van der Waals surface area contributed by atoms with Crippen LogP contribution in [0.1, 0.15) is 62.5 Å². The number of likely N-dealkylation sites (tertiary alicyclic amines) is 2. The highest BCUT2D eigenvalue weighted by Gasteiger charge is 2.19. The van der Waals surface area contributed by atoms with E-state index in [2.05, 4.69) is 77.7 Å². The van der Waals surface area contributed by atoms with E-state index in [1.165, 1.54) is 102 Å². The van der Waals surface area contributed by atoms with Crippen molar-refractivity contribution in [3.05, 3.63) is 102 Å². The van der Waals surface area contributed by atoms with Gasteiger partial charge in [-0.25, -0.2) is 9.97 Å². The summed E-state index contributed by atoms with van der Waals surface area (Å²) < 4.78 is 9.60. The standard InChI is InChI=1S/C20H29N3O.C19H26ClN3/c1-24-20-6-4-18(5-7-20)3-2-12-22-13-8-19(9-14-22)10-15-23-16-11-21-17-23;20-19-5-3-17(4-6-19)2-1-11-22-12-7-18(8-13-22)9-14-23-15-10-21-16-23/h4-7,11,16-17,19H,2-3,8-10,12-15H2,1H3;3-6,10,15-16,18H,1-2,7-9,11-14H2. The molecule has 8 heteroatoms. The van der Waals surface area contributed by atoms with E-state index in [1.807, 2.05) is 37.2 Å². The Bertz CT molecular complexity index is 1340. The van der Waals surface area contributed by atoms with Gasteiger partial charge in [0.05, 0.1) is 19.8 Å². The normalized spacial score (nSPS) is 16.6. The highest BCUT2D eigenvalue weighted by molar-refractivity contribution is 6.30. The van der Waals surface area contributed by atoms with E-state index in [4.69, 9.17) is 16.3 Å². The third-order valence-electron chi connectivity index (χ3n) is 10.1. The fourth-order valence-corrected chi connectivity index (χ4v) is 7.08. The van der Waals surface area contributed by atoms with Crippen molar-refractivity contribution < 1.29 is 4.74 Å². The highest BCUT2D eigenvalue weighted by atomic mass is 35.5. The Morgan fingerprint density at radius 2 is 1.09 bits per heavy atom. The number of hydrogen-bond donors (Lipinski definition) is 0. The minimum absolute atomic E-state index is 0.825. The summed E-state index contributed by atoms with van der Waals surface area (Å²) in [5.41, 5.74) is 2.80. The first kappa shape index (κ1) is 35.2. The van der Waals surface area contributed by atoms with Gasteiger partial charge in [0.2, 0.25) is 0 Å². The van der Waals surface area contributed by atoms with Gasteiger partial charge < -0.3 is 23.7 Å². The van der Waals surface area contributed by atoms with Crippen molar-refractivity contribution in [1.29, 1.82) is 0 Å². The first-order chi connectivity index (χ1) is 23.1. The van der Waals surface area contributed by atoms with Crippen molar-refractivity contribution in [3.63, 3.8) is 0 Å². The van der Waals surface area contributed by atoms with E-state index in [0.29, 0.717) is 0 Å². The van der Waals surface area contributed by atoms with Crippen molar-refractivity contribution in [2.24, 2.45) is 11.8 Å². The van der Waals surface area contributed by atoms with Crippen LogP contribution >= 0.6 is 11.6 Å². The van der Waals surface area contributed by atoms with Crippen LogP contribution in [0.3, 0.4) is 0 Å². The molecule has 0 bridgehead atoms. The Kier molecular flexibility index (Phi) is 14.7. The maximum absolute atomic E-state index is 5.93. The smallest absolute Gasteiger partial charge is 0.118 e. The molecular weight excluding hydrogens is 604 g/mol. The van der Waals surface area contributed by atoms with Crippen LogP contribution in [-0.2, 0) is 25.9 Å². The molecule has 0 atom stereocenters. The Morgan fingerprint density at radius 1 is 0.638 bits per heavy atom. The Morgan fingerprint density at radius 3 is 1.49 bits per heavy atom. The number of benzene rings is 2. The van der Waals surface area contributed by atoms with E-state index >= 15 is 0 Å². The third kappa shape index (κ3) is 12.8. The maximum atomic E-state index is 5.93. The zero-order valence-electron chi connectivity index (χ0n) is 28.4. The summed E-state index contributed by atoms with van der Waals surface area (Å²) in [6, 6.07) is 16.7. The van der Waals surface area contributed by atoms with Crippen LogP contribution in [0, 0.1) is 11.8 Å². The summed E-state index contributed by atoms with van der Waals surface area (Å²) in [5.74, 6) is 2.70. The largest absolute Gasteiger partial charge is 0.497 e. The monoisotopic (exact) mass is 658 g/mol. The lowest BCUT2D eigenvalue weighted by Crippen LogP contribution is -2.34. The quantitative estimate of drug-likeness (QED) is 0.130. The lowest BCUT2D eigenvalue weighted by Gasteiger charge is -2.32. The Balaban J connectivity index is 0.000000185. The second-order valence-electron chi connectivity index (χ2n) is 13.4. The molecule has 2 aliphatic heterocycles. The number of hydrogen-bond acceptors (Lipinski definition) is 5. The highest BCUT2D eigenvalue weighted by Crippen LogP contribution is 2.23. The number of rotatable bonds is 15. The van der Waals surface area contributed by atoms with Gasteiger partial charge in [0, 0.05) is 42.9 Å². The maximum Gasteiger partial charge on any atom is 0.118 e. The van der Waals surface area contributed by atoms with Gasteiger partial charge >= 0.3 is 0 Å². The van der Waals surface area contributed by atoms with E-state index in [0.717, 1.165) is 48.5 Å². The number of ether oxygens (including phenoxy) is 1. The summed E-state index contributed by atoms with van der Waals surface area (Å²) in [5, 5.41) is 0.825. The molecule has 0 saturated carbocycles. The predicted molar refractivity (Wildman–Crippen MR) is 193 cm³/mol. The second kappa shape index (κ2) is 19.6. The van der Waals surface area contributed by atoms with E-state index in [1.54, 1.807) is 7.11 Å². The van der Waals surface area contributed by atoms with Gasteiger partial charge in [-0.05, 0) is 151 Å². The molecule has 0 aliphatic carbocycles. The molecule has 0 radical (unpaired) electrons. The van der Waals surface area contributed by atoms with Crippen molar-refractivity contribution >= 4 is 11.6 Å². The van der Waals surface area contributed by atoms with Crippen LogP contribution < -0.4 is 4.74 Å². The van der Waals surface area contributed by atoms with Crippen molar-refractivity contribution in [2.45, 2.75) is 77.3 Å². The molecule has 6 rings (SSSR count). The zero-order chi connectivity index (χ0) is 32.5. The first-order valence-corrected chi connectivity index (χ1v) is 18.2. The molecule has 2 saturated heterocycles. The van der Waals surface area contributed by atoms with Gasteiger partial charge in [-0.1, -0.05) is 35.9 Å². The van der Waals surface area contributed by atoms with Crippen LogP contribution in [-0.4, -0.2) is 75.3 Å². The molecule has 47 heavy (non-hydrogen) atoms. The van der Waals surface area contributed by atoms with Crippen LogP contribution in [0.15, 0.2) is 86.0 Å². The zero-order valence-corrected chi connectivity index (χ0v) is 29.2. The summed E-state index contributed by atoms with van der Waals surface area (Å²) in [6.45, 7) is 9.71. The number of nitrogens with zero attached hydrogens (tertiary/aromatic N) is 6. The van der Waals surface area contributed by atoms with Crippen LogP contribution in [0.4, 0.5) is 0 Å². The number of halogens is 1. The molecule has 2 aliphatic rings. The number of aryl methyl sites for hydroxylation is 4. The third-order valence-corrected chi connectivity index (χ3v) is 10.3. The molecule has 4 heterocycles. The summed E-state index contributed by atoms with van der Waals surface area (Å²) in [4.78, 5) is 13.5. The van der Waals surface area contributed by atoms with Crippen molar-refractivity contribution in [3.8, 4) is 5.75 Å². The number of methoxy groups -OCH3 is 1. The fourth-order valence-electron chi connectivity index (χ4n) is 6.96. The van der Waals surface area contributed by atoms with Gasteiger partial charge in [-0.3, -0.25) is 0 Å². The van der Waals surface area contributed by atoms with Crippen molar-refractivity contribution in [1.82, 2.24) is 28.9 Å². The van der Waals surface area contributed by atoms with Crippen LogP contribution in [0.2, 0.25) is 5.02 Å². The molecule has 254 valence electrons. The molecule has 2 fully saturated rings. The summed E-state index contributed by atoms with van der Waals surface area (Å²) in [7, 11) is 1.72. The van der Waals surface area contributed by atoms with Gasteiger partial charge in [-0.2, -0.15) is 0 Å². The number of piperidine rings is 2. The van der Waals surface area contributed by atoms with Gasteiger partial charge in [0.1, 0.15) is 5.75 Å². The molecule has 0 spiro atoms. The molecule has 0 N–H and O–H groups in total. The summed E-state index contributed by atoms with van der Waals surface area (Å²) in [6.07, 6.45) is 24.4. The molecule has 0 amide bonds. The lowest BCUT2D eigenvalue weighted by atomic mass is 9.93. The van der Waals surface area contributed by atoms with Crippen molar-refractivity contribution in [2.75, 3.05) is 46.4 Å². The molecule has 2 aromatic heterocycles. The Hall–Kier alpha value is -3.13. The molecule has 7 nitrogen and oxygen atoms in total. The topological polar surface area (TPSA) is 51.4 Å². The van der Waals surface area contributed by atoms with Crippen LogP contribution in [0.25, 0.3) is 0 Å². The van der Waals surface area contributed by atoms with E-state index in [9.17, 15) is 0 Å². The molecule has 0 unspecified atom stereocenters. The van der Waals surface area contributed by atoms with Crippen LogP contribution in [0.5, 0.6) is 5.75 Å². The molecule has 4 aromatic rings. The number of aromatic nitrogens is 4. The molecule has 2 aromatic carbocycles. The SMILES string of the molecule is COc1ccc(CCCN2CCC(CCn3ccnc3)CC2)cc1.Clc1ccc(CCCN2CCC(CCn3ccnc3)CC2)cc1. The van der Waals surface area contributed by atoms with Gasteiger partial charge in [0.15, 0.2) is 0 Å².